The molecule has 1 aliphatic rings. The van der Waals surface area contributed by atoms with Crippen LogP contribution in [0, 0.1) is 11.6 Å². The van der Waals surface area contributed by atoms with Crippen molar-refractivity contribution < 1.29 is 18.3 Å². The molecule has 0 bridgehead atoms. The van der Waals surface area contributed by atoms with E-state index < -0.39 is 17.2 Å². The molecule has 0 saturated carbocycles. The summed E-state index contributed by atoms with van der Waals surface area (Å²) in [5, 5.41) is 14.6. The van der Waals surface area contributed by atoms with Crippen molar-refractivity contribution in [1.29, 1.82) is 0 Å². The molecule has 4 rings (SSSR count). The quantitative estimate of drug-likeness (QED) is 0.585. The number of carbonyl (C=O) groups is 1. The molecule has 1 aromatic carbocycles. The van der Waals surface area contributed by atoms with Crippen LogP contribution in [0.3, 0.4) is 0 Å². The van der Waals surface area contributed by atoms with Crippen LogP contribution in [0.4, 0.5) is 19.4 Å². The van der Waals surface area contributed by atoms with Gasteiger partial charge >= 0.3 is 6.09 Å². The van der Waals surface area contributed by atoms with Crippen molar-refractivity contribution >= 4 is 17.5 Å². The molecule has 3 aromatic rings. The van der Waals surface area contributed by atoms with Crippen LogP contribution in [-0.2, 0) is 4.74 Å². The van der Waals surface area contributed by atoms with E-state index >= 15 is 0 Å². The lowest BCUT2D eigenvalue weighted by molar-refractivity contribution is 0.0273. The fourth-order valence-electron chi connectivity index (χ4n) is 3.81. The predicted octanol–water partition coefficient (Wildman–Crippen LogP) is 4.46. The first kappa shape index (κ1) is 24.2. The maximum atomic E-state index is 14.5. The average Bonchev–Trinajstić information content (AvgIpc) is 3.15. The number of halogens is 2. The predicted molar refractivity (Wildman–Crippen MR) is 127 cm³/mol. The molecule has 1 amide bonds. The van der Waals surface area contributed by atoms with Gasteiger partial charge in [-0.3, -0.25) is 0 Å². The largest absolute Gasteiger partial charge is 0.444 e. The first-order valence-corrected chi connectivity index (χ1v) is 11.3. The van der Waals surface area contributed by atoms with Crippen molar-refractivity contribution in [2.75, 3.05) is 25.5 Å². The third-order valence-electron chi connectivity index (χ3n) is 5.45. The highest BCUT2D eigenvalue weighted by atomic mass is 19.2. The summed E-state index contributed by atoms with van der Waals surface area (Å²) >= 11 is 0. The Morgan fingerprint density at radius 1 is 1.23 bits per heavy atom. The number of nitrogens with one attached hydrogen (secondary N) is 1. The molecule has 35 heavy (non-hydrogen) atoms. The highest BCUT2D eigenvalue weighted by Crippen LogP contribution is 2.31. The third-order valence-corrected chi connectivity index (χ3v) is 5.45. The van der Waals surface area contributed by atoms with Gasteiger partial charge in [-0.15, -0.1) is 5.10 Å². The van der Waals surface area contributed by atoms with Crippen LogP contribution < -0.4 is 5.32 Å². The van der Waals surface area contributed by atoms with E-state index in [2.05, 4.69) is 25.8 Å². The zero-order valence-corrected chi connectivity index (χ0v) is 20.0. The van der Waals surface area contributed by atoms with Crippen molar-refractivity contribution in [3.05, 3.63) is 53.7 Å². The van der Waals surface area contributed by atoms with E-state index in [1.165, 1.54) is 12.1 Å². The molecule has 11 heteroatoms. The Hall–Kier alpha value is -3.89. The van der Waals surface area contributed by atoms with Gasteiger partial charge < -0.3 is 15.0 Å². The molecule has 0 unspecified atom stereocenters. The summed E-state index contributed by atoms with van der Waals surface area (Å²) in [7, 11) is 1.70. The Labute approximate surface area is 201 Å². The van der Waals surface area contributed by atoms with E-state index in [1.54, 1.807) is 18.1 Å². The SMILES string of the molecule is CNc1ncc(C2=CCN(C(=O)OC(C)(C)C)CCC2)cc1-c1nnnn1-c1cccc(F)c1F. The summed E-state index contributed by atoms with van der Waals surface area (Å²) in [4.78, 5) is 18.7. The monoisotopic (exact) mass is 483 g/mol. The number of nitrogens with zero attached hydrogens (tertiary/aromatic N) is 6. The van der Waals surface area contributed by atoms with Crippen molar-refractivity contribution in [2.45, 2.75) is 39.2 Å². The number of ether oxygens (including phenoxy) is 1. The summed E-state index contributed by atoms with van der Waals surface area (Å²) in [6.07, 6.45) is 4.83. The van der Waals surface area contributed by atoms with Crippen molar-refractivity contribution in [3.8, 4) is 17.1 Å². The van der Waals surface area contributed by atoms with Gasteiger partial charge in [-0.05, 0) is 73.4 Å². The van der Waals surface area contributed by atoms with Crippen LogP contribution in [0.5, 0.6) is 0 Å². The zero-order valence-electron chi connectivity index (χ0n) is 20.0. The van der Waals surface area contributed by atoms with Crippen LogP contribution in [0.1, 0.15) is 39.2 Å². The third kappa shape index (κ3) is 5.28. The molecule has 2 aromatic heterocycles. The number of hydrogen-bond acceptors (Lipinski definition) is 7. The lowest BCUT2D eigenvalue weighted by Gasteiger charge is -2.25. The maximum absolute atomic E-state index is 14.5. The van der Waals surface area contributed by atoms with E-state index in [0.29, 0.717) is 24.5 Å². The van der Waals surface area contributed by atoms with Gasteiger partial charge in [0.25, 0.3) is 0 Å². The van der Waals surface area contributed by atoms with E-state index in [4.69, 9.17) is 4.74 Å². The van der Waals surface area contributed by atoms with E-state index in [1.807, 2.05) is 32.9 Å². The molecule has 1 aliphatic heterocycles. The fourth-order valence-corrected chi connectivity index (χ4v) is 3.81. The highest BCUT2D eigenvalue weighted by molar-refractivity contribution is 5.77. The number of tetrazole rings is 1. The van der Waals surface area contributed by atoms with Gasteiger partial charge in [0.1, 0.15) is 17.1 Å². The van der Waals surface area contributed by atoms with Gasteiger partial charge in [-0.25, -0.2) is 18.6 Å². The smallest absolute Gasteiger partial charge is 0.410 e. The number of aromatic nitrogens is 5. The minimum atomic E-state index is -1.05. The van der Waals surface area contributed by atoms with Gasteiger partial charge in [0.15, 0.2) is 17.5 Å². The Morgan fingerprint density at radius 3 is 2.77 bits per heavy atom. The number of anilines is 1. The van der Waals surface area contributed by atoms with E-state index in [0.717, 1.165) is 34.7 Å². The number of benzene rings is 1. The number of rotatable bonds is 4. The van der Waals surface area contributed by atoms with Crippen molar-refractivity contribution in [3.63, 3.8) is 0 Å². The molecule has 0 saturated heterocycles. The number of hydrogen-bond donors (Lipinski definition) is 1. The van der Waals surface area contributed by atoms with Crippen molar-refractivity contribution in [2.24, 2.45) is 0 Å². The molecule has 9 nitrogen and oxygen atoms in total. The van der Waals surface area contributed by atoms with Crippen LogP contribution in [-0.4, -0.2) is 61.9 Å². The molecule has 1 N–H and O–H groups in total. The summed E-state index contributed by atoms with van der Waals surface area (Å²) in [5.74, 6) is -1.36. The summed E-state index contributed by atoms with van der Waals surface area (Å²) in [5.41, 5.74) is 1.66. The summed E-state index contributed by atoms with van der Waals surface area (Å²) in [6, 6.07) is 5.67. The first-order valence-electron chi connectivity index (χ1n) is 11.3. The Kier molecular flexibility index (Phi) is 6.77. The molecule has 3 heterocycles. The molecule has 0 spiro atoms. The second-order valence-electron chi connectivity index (χ2n) is 9.12. The Balaban J connectivity index is 1.68. The van der Waals surface area contributed by atoms with Crippen LogP contribution >= 0.6 is 0 Å². The lowest BCUT2D eigenvalue weighted by atomic mass is 10.0. The number of allylic oxidation sites excluding steroid dienone is 1. The highest BCUT2D eigenvalue weighted by Gasteiger charge is 2.24. The molecule has 0 aliphatic carbocycles. The number of pyridine rings is 1. The minimum absolute atomic E-state index is 0.112. The second kappa shape index (κ2) is 9.77. The van der Waals surface area contributed by atoms with Gasteiger partial charge in [0, 0.05) is 26.3 Å². The van der Waals surface area contributed by atoms with Crippen molar-refractivity contribution in [1.82, 2.24) is 30.1 Å². The minimum Gasteiger partial charge on any atom is -0.444 e. The van der Waals surface area contributed by atoms with Gasteiger partial charge in [0.2, 0.25) is 0 Å². The number of amides is 1. The maximum Gasteiger partial charge on any atom is 0.410 e. The van der Waals surface area contributed by atoms with Crippen LogP contribution in [0.15, 0.2) is 36.5 Å². The normalized spacial score (nSPS) is 14.3. The zero-order chi connectivity index (χ0) is 25.2. The standard InChI is InChI=1S/C24H27F2N7O2/c1-24(2,3)35-23(34)32-11-6-7-15(10-12-32)16-13-17(21(27-4)28-14-16)22-29-30-31-33(22)19-9-5-8-18(25)20(19)26/h5,8-10,13-14H,6-7,11-12H2,1-4H3,(H,27,28). The van der Waals surface area contributed by atoms with E-state index in [9.17, 15) is 13.6 Å². The van der Waals surface area contributed by atoms with Gasteiger partial charge in [0.05, 0.1) is 5.56 Å². The van der Waals surface area contributed by atoms with E-state index in [-0.39, 0.29) is 17.6 Å². The topological polar surface area (TPSA) is 98.1 Å². The molecule has 0 atom stereocenters. The van der Waals surface area contributed by atoms with Gasteiger partial charge in [-0.2, -0.15) is 4.68 Å². The summed E-state index contributed by atoms with van der Waals surface area (Å²) < 4.78 is 35.0. The second-order valence-corrected chi connectivity index (χ2v) is 9.12. The fraction of sp³-hybridized carbons (Fsp3) is 0.375. The molecule has 0 radical (unpaired) electrons. The Morgan fingerprint density at radius 2 is 2.03 bits per heavy atom. The molecular formula is C24H27F2N7O2. The Bertz CT molecular complexity index is 1270. The average molecular weight is 484 g/mol. The molecule has 0 fully saturated rings. The van der Waals surface area contributed by atoms with Crippen LogP contribution in [0.2, 0.25) is 0 Å². The lowest BCUT2D eigenvalue weighted by Crippen LogP contribution is -2.37. The van der Waals surface area contributed by atoms with Gasteiger partial charge in [-0.1, -0.05) is 12.1 Å². The first-order chi connectivity index (χ1) is 16.7. The van der Waals surface area contributed by atoms with Crippen LogP contribution in [0.25, 0.3) is 22.6 Å². The molecule has 184 valence electrons. The number of carbonyl (C=O) groups excluding carboxylic acids is 1. The summed E-state index contributed by atoms with van der Waals surface area (Å²) in [6.45, 7) is 6.48. The molecular weight excluding hydrogens is 456 g/mol.